The van der Waals surface area contributed by atoms with Crippen LogP contribution in [0.25, 0.3) is 0 Å². The second-order valence-corrected chi connectivity index (χ2v) is 5.09. The molecule has 1 aliphatic rings. The predicted octanol–water partition coefficient (Wildman–Crippen LogP) is 2.33. The maximum atomic E-state index is 11.7. The lowest BCUT2D eigenvalue weighted by Crippen LogP contribution is -2.27. The Bertz CT molecular complexity index is 498. The summed E-state index contributed by atoms with van der Waals surface area (Å²) < 4.78 is 0. The van der Waals surface area contributed by atoms with E-state index in [1.807, 2.05) is 4.90 Å². The van der Waals surface area contributed by atoms with Crippen LogP contribution in [-0.4, -0.2) is 23.9 Å². The van der Waals surface area contributed by atoms with Gasteiger partial charge in [0.15, 0.2) is 0 Å². The number of hydrogen-bond acceptors (Lipinski definition) is 1. The Morgan fingerprint density at radius 2 is 2.22 bits per heavy atom. The summed E-state index contributed by atoms with van der Waals surface area (Å²) in [7, 11) is 0. The first-order valence-corrected chi connectivity index (χ1v) is 6.40. The Labute approximate surface area is 109 Å². The molecule has 0 aromatic heterocycles. The molecule has 1 unspecified atom stereocenters. The SMILES string of the molecule is C#CC1CC(=O)N(CCc2ccc(C)cc2C)C1. The van der Waals surface area contributed by atoms with Crippen molar-refractivity contribution in [2.24, 2.45) is 5.92 Å². The topological polar surface area (TPSA) is 20.3 Å². The summed E-state index contributed by atoms with van der Waals surface area (Å²) in [6.07, 6.45) is 6.81. The van der Waals surface area contributed by atoms with Crippen molar-refractivity contribution in [3.8, 4) is 12.3 Å². The van der Waals surface area contributed by atoms with Crippen LogP contribution in [0.4, 0.5) is 0 Å². The smallest absolute Gasteiger partial charge is 0.223 e. The minimum absolute atomic E-state index is 0.108. The molecule has 94 valence electrons. The molecule has 0 bridgehead atoms. The van der Waals surface area contributed by atoms with E-state index < -0.39 is 0 Å². The quantitative estimate of drug-likeness (QED) is 0.744. The third-order valence-electron chi connectivity index (χ3n) is 3.60. The van der Waals surface area contributed by atoms with Crippen LogP contribution in [-0.2, 0) is 11.2 Å². The fourth-order valence-corrected chi connectivity index (χ4v) is 2.48. The van der Waals surface area contributed by atoms with Crippen LogP contribution in [0.1, 0.15) is 23.1 Å². The van der Waals surface area contributed by atoms with Crippen LogP contribution in [0.5, 0.6) is 0 Å². The Morgan fingerprint density at radius 1 is 1.44 bits per heavy atom. The number of carbonyl (C=O) groups excluding carboxylic acids is 1. The fraction of sp³-hybridized carbons (Fsp3) is 0.438. The van der Waals surface area contributed by atoms with Crippen LogP contribution in [0, 0.1) is 32.1 Å². The average molecular weight is 241 g/mol. The van der Waals surface area contributed by atoms with Gasteiger partial charge >= 0.3 is 0 Å². The largest absolute Gasteiger partial charge is 0.341 e. The zero-order valence-electron chi connectivity index (χ0n) is 11.1. The van der Waals surface area contributed by atoms with Crippen LogP contribution in [0.15, 0.2) is 18.2 Å². The maximum absolute atomic E-state index is 11.7. The normalized spacial score (nSPS) is 19.1. The average Bonchev–Trinajstić information content (AvgIpc) is 2.69. The van der Waals surface area contributed by atoms with Crippen LogP contribution < -0.4 is 0 Å². The second-order valence-electron chi connectivity index (χ2n) is 5.09. The molecule has 0 saturated carbocycles. The number of likely N-dealkylation sites (tertiary alicyclic amines) is 1. The van der Waals surface area contributed by atoms with Gasteiger partial charge in [-0.3, -0.25) is 4.79 Å². The standard InChI is InChI=1S/C16H19NO/c1-4-14-10-16(18)17(11-14)8-7-15-6-5-12(2)9-13(15)3/h1,5-6,9,14H,7-8,10-11H2,2-3H3. The Kier molecular flexibility index (Phi) is 3.72. The number of aryl methyl sites for hydroxylation is 2. The molecule has 0 spiro atoms. The van der Waals surface area contributed by atoms with Gasteiger partial charge in [0.1, 0.15) is 0 Å². The summed E-state index contributed by atoms with van der Waals surface area (Å²) in [6.45, 7) is 5.72. The van der Waals surface area contributed by atoms with Crippen molar-refractivity contribution in [2.75, 3.05) is 13.1 Å². The zero-order chi connectivity index (χ0) is 13.1. The van der Waals surface area contributed by atoms with E-state index in [0.717, 1.165) is 19.5 Å². The van der Waals surface area contributed by atoms with E-state index in [9.17, 15) is 4.79 Å². The highest BCUT2D eigenvalue weighted by Crippen LogP contribution is 2.18. The lowest BCUT2D eigenvalue weighted by Gasteiger charge is -2.16. The molecule has 1 aromatic carbocycles. The Hall–Kier alpha value is -1.75. The monoisotopic (exact) mass is 241 g/mol. The molecular weight excluding hydrogens is 222 g/mol. The number of carbonyl (C=O) groups is 1. The summed E-state index contributed by atoms with van der Waals surface area (Å²) in [6, 6.07) is 6.47. The van der Waals surface area contributed by atoms with Gasteiger partial charge in [-0.05, 0) is 31.4 Å². The maximum Gasteiger partial charge on any atom is 0.223 e. The molecule has 18 heavy (non-hydrogen) atoms. The van der Waals surface area contributed by atoms with Crippen LogP contribution >= 0.6 is 0 Å². The molecule has 1 aliphatic heterocycles. The zero-order valence-corrected chi connectivity index (χ0v) is 11.1. The van der Waals surface area contributed by atoms with Gasteiger partial charge in [-0.2, -0.15) is 0 Å². The lowest BCUT2D eigenvalue weighted by atomic mass is 10.0. The highest BCUT2D eigenvalue weighted by Gasteiger charge is 2.27. The van der Waals surface area contributed by atoms with Crippen molar-refractivity contribution in [1.29, 1.82) is 0 Å². The summed E-state index contributed by atoms with van der Waals surface area (Å²) in [5.41, 5.74) is 3.90. The molecule has 2 rings (SSSR count). The number of terminal acetylenes is 1. The Balaban J connectivity index is 1.96. The summed E-state index contributed by atoms with van der Waals surface area (Å²) in [5, 5.41) is 0. The van der Waals surface area contributed by atoms with E-state index in [1.165, 1.54) is 16.7 Å². The van der Waals surface area contributed by atoms with Crippen molar-refractivity contribution in [1.82, 2.24) is 4.90 Å². The molecule has 2 heteroatoms. The second kappa shape index (κ2) is 5.27. The van der Waals surface area contributed by atoms with Gasteiger partial charge in [-0.25, -0.2) is 0 Å². The molecular formula is C16H19NO. The highest BCUT2D eigenvalue weighted by atomic mass is 16.2. The number of hydrogen-bond donors (Lipinski definition) is 0. The molecule has 1 fully saturated rings. The Morgan fingerprint density at radius 3 is 2.83 bits per heavy atom. The first-order chi connectivity index (χ1) is 8.60. The number of nitrogens with zero attached hydrogens (tertiary/aromatic N) is 1. The number of rotatable bonds is 3. The summed E-state index contributed by atoms with van der Waals surface area (Å²) in [5.74, 6) is 2.98. The third kappa shape index (κ3) is 2.73. The van der Waals surface area contributed by atoms with E-state index >= 15 is 0 Å². The van der Waals surface area contributed by atoms with Crippen molar-refractivity contribution in [2.45, 2.75) is 26.7 Å². The van der Waals surface area contributed by atoms with Crippen LogP contribution in [0.3, 0.4) is 0 Å². The molecule has 0 radical (unpaired) electrons. The van der Waals surface area contributed by atoms with Crippen molar-refractivity contribution >= 4 is 5.91 Å². The van der Waals surface area contributed by atoms with E-state index in [1.54, 1.807) is 0 Å². The van der Waals surface area contributed by atoms with E-state index in [2.05, 4.69) is 38.0 Å². The fourth-order valence-electron chi connectivity index (χ4n) is 2.48. The summed E-state index contributed by atoms with van der Waals surface area (Å²) >= 11 is 0. The van der Waals surface area contributed by atoms with Gasteiger partial charge in [0.25, 0.3) is 0 Å². The van der Waals surface area contributed by atoms with E-state index in [-0.39, 0.29) is 11.8 Å². The van der Waals surface area contributed by atoms with Gasteiger partial charge in [-0.15, -0.1) is 12.3 Å². The summed E-state index contributed by atoms with van der Waals surface area (Å²) in [4.78, 5) is 13.6. The number of benzene rings is 1. The van der Waals surface area contributed by atoms with Gasteiger partial charge in [0.2, 0.25) is 5.91 Å². The van der Waals surface area contributed by atoms with Gasteiger partial charge < -0.3 is 4.90 Å². The first-order valence-electron chi connectivity index (χ1n) is 6.40. The highest BCUT2D eigenvalue weighted by molar-refractivity contribution is 5.79. The van der Waals surface area contributed by atoms with E-state index in [4.69, 9.17) is 6.42 Å². The predicted molar refractivity (Wildman–Crippen MR) is 73.1 cm³/mol. The molecule has 1 aromatic rings. The van der Waals surface area contributed by atoms with Gasteiger partial charge in [0, 0.05) is 25.4 Å². The molecule has 2 nitrogen and oxygen atoms in total. The molecule has 1 atom stereocenters. The lowest BCUT2D eigenvalue weighted by molar-refractivity contribution is -0.127. The van der Waals surface area contributed by atoms with Crippen molar-refractivity contribution < 1.29 is 4.79 Å². The molecule has 0 N–H and O–H groups in total. The number of amides is 1. The van der Waals surface area contributed by atoms with Gasteiger partial charge in [0.05, 0.1) is 0 Å². The third-order valence-corrected chi connectivity index (χ3v) is 3.60. The molecule has 0 aliphatic carbocycles. The minimum atomic E-state index is 0.108. The first kappa shape index (κ1) is 12.7. The molecule has 1 heterocycles. The van der Waals surface area contributed by atoms with E-state index in [0.29, 0.717) is 6.42 Å². The minimum Gasteiger partial charge on any atom is -0.341 e. The molecule has 1 saturated heterocycles. The van der Waals surface area contributed by atoms with Crippen molar-refractivity contribution in [3.63, 3.8) is 0 Å². The van der Waals surface area contributed by atoms with Crippen LogP contribution in [0.2, 0.25) is 0 Å². The molecule has 1 amide bonds. The van der Waals surface area contributed by atoms with Gasteiger partial charge in [-0.1, -0.05) is 23.8 Å². The van der Waals surface area contributed by atoms with Crippen molar-refractivity contribution in [3.05, 3.63) is 34.9 Å².